The Balaban J connectivity index is 1.22. The second-order valence-corrected chi connectivity index (χ2v) is 10.3. The largest absolute Gasteiger partial charge is 0.383 e. The predicted octanol–water partition coefficient (Wildman–Crippen LogP) is 2.04. The molecule has 1 aliphatic carbocycles. The Hall–Kier alpha value is -3.92. The van der Waals surface area contributed by atoms with Crippen molar-refractivity contribution < 1.29 is 19.1 Å². The number of H-pyrrole nitrogens is 1. The Morgan fingerprint density at radius 3 is 2.69 bits per heavy atom. The van der Waals surface area contributed by atoms with Crippen LogP contribution < -0.4 is 15.5 Å². The first-order valence-electron chi connectivity index (χ1n) is 12.2. The molecule has 1 aromatic heterocycles. The summed E-state index contributed by atoms with van der Waals surface area (Å²) >= 11 is 0. The zero-order valence-corrected chi connectivity index (χ0v) is 20.1. The highest BCUT2D eigenvalue weighted by atomic mass is 16.5. The van der Waals surface area contributed by atoms with Crippen molar-refractivity contribution in [1.29, 1.82) is 0 Å². The van der Waals surface area contributed by atoms with Crippen molar-refractivity contribution in [2.75, 3.05) is 31.0 Å². The number of aromatic amines is 1. The molecule has 4 amide bonds. The maximum atomic E-state index is 12.6. The van der Waals surface area contributed by atoms with Gasteiger partial charge in [-0.15, -0.1) is 0 Å². The van der Waals surface area contributed by atoms with Crippen LogP contribution >= 0.6 is 0 Å². The van der Waals surface area contributed by atoms with Gasteiger partial charge in [0.2, 0.25) is 5.91 Å². The van der Waals surface area contributed by atoms with Crippen LogP contribution in [-0.4, -0.2) is 65.1 Å². The number of imide groups is 1. The number of urea groups is 1. The number of anilines is 2. The topological polar surface area (TPSA) is 120 Å². The van der Waals surface area contributed by atoms with Gasteiger partial charge in [0.1, 0.15) is 11.4 Å². The van der Waals surface area contributed by atoms with E-state index in [1.54, 1.807) is 14.2 Å². The minimum atomic E-state index is -0.849. The standard InChI is InChI=1S/C26H26N6O4/c1-31-25(35)30-24(34)26(31)9-13-6-17-18(7-14(13)10-26)28-21(27-17)11-32-19-5-3-4-16-23(19)15(8-22(33)29-16)20(32)12-36-2/h3-7,15,20H,8-12H2,1-2H3,(H,27,28)(H,29,33)(H,30,34,35). The highest BCUT2D eigenvalue weighted by Gasteiger charge is 2.54. The predicted molar refractivity (Wildman–Crippen MR) is 132 cm³/mol. The van der Waals surface area contributed by atoms with Gasteiger partial charge in [-0.2, -0.15) is 0 Å². The molecule has 3 aliphatic heterocycles. The summed E-state index contributed by atoms with van der Waals surface area (Å²) in [6.07, 6.45) is 1.41. The van der Waals surface area contributed by atoms with Crippen molar-refractivity contribution in [3.05, 3.63) is 52.8 Å². The number of benzene rings is 2. The molecule has 1 fully saturated rings. The Kier molecular flexibility index (Phi) is 4.33. The minimum Gasteiger partial charge on any atom is -0.383 e. The third-order valence-electron chi connectivity index (χ3n) is 8.37. The van der Waals surface area contributed by atoms with E-state index < -0.39 is 5.54 Å². The first-order chi connectivity index (χ1) is 17.4. The van der Waals surface area contributed by atoms with Gasteiger partial charge in [-0.1, -0.05) is 6.07 Å². The molecular formula is C26H26N6O4. The third-order valence-corrected chi connectivity index (χ3v) is 8.37. The number of carbonyl (C=O) groups is 3. The Morgan fingerprint density at radius 1 is 1.14 bits per heavy atom. The number of fused-ring (bicyclic) bond motifs is 2. The number of hydrogen-bond donors (Lipinski definition) is 3. The number of nitrogens with zero attached hydrogens (tertiary/aromatic N) is 3. The molecule has 2 aromatic carbocycles. The second kappa shape index (κ2) is 7.30. The van der Waals surface area contributed by atoms with Crippen molar-refractivity contribution >= 4 is 40.3 Å². The van der Waals surface area contributed by atoms with E-state index >= 15 is 0 Å². The van der Waals surface area contributed by atoms with Gasteiger partial charge in [-0.05, 0) is 35.4 Å². The number of likely N-dealkylation sites (N-methyl/N-ethyl adjacent to an activating group) is 1. The highest BCUT2D eigenvalue weighted by Crippen LogP contribution is 2.49. The number of nitrogens with one attached hydrogen (secondary N) is 3. The fraction of sp³-hybridized carbons (Fsp3) is 0.385. The molecule has 184 valence electrons. The number of hydrogen-bond acceptors (Lipinski definition) is 6. The summed E-state index contributed by atoms with van der Waals surface area (Å²) in [6, 6.07) is 9.80. The lowest BCUT2D eigenvalue weighted by molar-refractivity contribution is -0.125. The molecular weight excluding hydrogens is 460 g/mol. The number of rotatable bonds is 4. The molecule has 3 aromatic rings. The average Bonchev–Trinajstić information content (AvgIpc) is 3.55. The average molecular weight is 487 g/mol. The summed E-state index contributed by atoms with van der Waals surface area (Å²) < 4.78 is 5.57. The summed E-state index contributed by atoms with van der Waals surface area (Å²) in [5.74, 6) is 0.698. The van der Waals surface area contributed by atoms with Crippen LogP contribution in [0.4, 0.5) is 16.2 Å². The third kappa shape index (κ3) is 2.81. The Labute approximate surface area is 207 Å². The molecule has 0 bridgehead atoms. The van der Waals surface area contributed by atoms with E-state index in [2.05, 4.69) is 32.7 Å². The summed E-state index contributed by atoms with van der Waals surface area (Å²) in [5, 5.41) is 5.46. The van der Waals surface area contributed by atoms with Crippen LogP contribution in [-0.2, 0) is 33.7 Å². The number of aromatic nitrogens is 2. The normalized spacial score (nSPS) is 23.4. The summed E-state index contributed by atoms with van der Waals surface area (Å²) in [4.78, 5) is 49.2. The van der Waals surface area contributed by atoms with Crippen LogP contribution in [0.5, 0.6) is 0 Å². The maximum absolute atomic E-state index is 12.6. The number of ether oxygens (including phenoxy) is 1. The van der Waals surface area contributed by atoms with E-state index in [4.69, 9.17) is 9.72 Å². The number of imidazole rings is 1. The number of methoxy groups -OCH3 is 1. The molecule has 3 unspecified atom stereocenters. The molecule has 7 rings (SSSR count). The van der Waals surface area contributed by atoms with Crippen molar-refractivity contribution in [2.45, 2.75) is 43.3 Å². The Morgan fingerprint density at radius 2 is 1.94 bits per heavy atom. The fourth-order valence-corrected chi connectivity index (χ4v) is 6.61. The van der Waals surface area contributed by atoms with Gasteiger partial charge in [-0.3, -0.25) is 14.9 Å². The quantitative estimate of drug-likeness (QED) is 0.486. The number of carbonyl (C=O) groups excluding carboxylic acids is 3. The molecule has 1 spiro atoms. The first-order valence-corrected chi connectivity index (χ1v) is 12.2. The van der Waals surface area contributed by atoms with Gasteiger partial charge in [0.05, 0.1) is 30.2 Å². The Bertz CT molecular complexity index is 1440. The lowest BCUT2D eigenvalue weighted by Crippen LogP contribution is -2.48. The zero-order valence-electron chi connectivity index (χ0n) is 20.1. The molecule has 10 heteroatoms. The minimum absolute atomic E-state index is 0.0317. The van der Waals surface area contributed by atoms with Gasteiger partial charge in [-0.25, -0.2) is 9.78 Å². The van der Waals surface area contributed by atoms with Crippen molar-refractivity contribution in [2.24, 2.45) is 0 Å². The smallest absolute Gasteiger partial charge is 0.324 e. The van der Waals surface area contributed by atoms with Crippen LogP contribution in [0.25, 0.3) is 11.0 Å². The second-order valence-electron chi connectivity index (χ2n) is 10.3. The van der Waals surface area contributed by atoms with Gasteiger partial charge in [0.25, 0.3) is 5.91 Å². The monoisotopic (exact) mass is 486 g/mol. The fourth-order valence-electron chi connectivity index (χ4n) is 6.61. The van der Waals surface area contributed by atoms with Crippen LogP contribution in [0, 0.1) is 0 Å². The molecule has 4 aliphatic rings. The molecule has 3 N–H and O–H groups in total. The molecule has 3 atom stereocenters. The van der Waals surface area contributed by atoms with Gasteiger partial charge in [0, 0.05) is 56.3 Å². The first kappa shape index (κ1) is 21.4. The van der Waals surface area contributed by atoms with Gasteiger partial charge >= 0.3 is 6.03 Å². The molecule has 0 radical (unpaired) electrons. The van der Waals surface area contributed by atoms with Gasteiger partial charge in [0.15, 0.2) is 0 Å². The van der Waals surface area contributed by atoms with E-state index in [-0.39, 0.29) is 29.8 Å². The zero-order chi connectivity index (χ0) is 24.8. The molecule has 10 nitrogen and oxygen atoms in total. The lowest BCUT2D eigenvalue weighted by atomic mass is 9.88. The molecule has 36 heavy (non-hydrogen) atoms. The summed E-state index contributed by atoms with van der Waals surface area (Å²) in [5.41, 5.74) is 6.14. The van der Waals surface area contributed by atoms with Crippen molar-refractivity contribution in [1.82, 2.24) is 20.2 Å². The van der Waals surface area contributed by atoms with Crippen molar-refractivity contribution in [3.63, 3.8) is 0 Å². The molecule has 1 saturated heterocycles. The maximum Gasteiger partial charge on any atom is 0.324 e. The molecule has 4 heterocycles. The van der Waals surface area contributed by atoms with Crippen LogP contribution in [0.1, 0.15) is 34.9 Å². The van der Waals surface area contributed by atoms with E-state index in [0.717, 1.165) is 39.4 Å². The van der Waals surface area contributed by atoms with E-state index in [1.165, 1.54) is 10.5 Å². The summed E-state index contributed by atoms with van der Waals surface area (Å²) in [7, 11) is 3.37. The van der Waals surface area contributed by atoms with Crippen LogP contribution in [0.15, 0.2) is 30.3 Å². The van der Waals surface area contributed by atoms with Crippen LogP contribution in [0.3, 0.4) is 0 Å². The van der Waals surface area contributed by atoms with Crippen molar-refractivity contribution in [3.8, 4) is 0 Å². The van der Waals surface area contributed by atoms with Crippen LogP contribution in [0.2, 0.25) is 0 Å². The highest BCUT2D eigenvalue weighted by molar-refractivity contribution is 6.08. The lowest BCUT2D eigenvalue weighted by Gasteiger charge is -2.29. The SMILES string of the molecule is COCC1C2CC(=O)Nc3cccc(c32)N1Cc1nc2cc3c(cc2[nH]1)CC1(C3)C(=O)NC(=O)N1C. The number of amides is 4. The van der Waals surface area contributed by atoms with E-state index in [9.17, 15) is 14.4 Å². The van der Waals surface area contributed by atoms with E-state index in [1.807, 2.05) is 18.2 Å². The van der Waals surface area contributed by atoms with E-state index in [0.29, 0.717) is 32.4 Å². The summed E-state index contributed by atoms with van der Waals surface area (Å²) in [6.45, 7) is 1.06. The molecule has 0 saturated carbocycles. The van der Waals surface area contributed by atoms with Gasteiger partial charge < -0.3 is 24.8 Å².